The summed E-state index contributed by atoms with van der Waals surface area (Å²) in [6, 6.07) is 7.61. The van der Waals surface area contributed by atoms with Crippen molar-refractivity contribution in [2.75, 3.05) is 0 Å². The highest BCUT2D eigenvalue weighted by Crippen LogP contribution is 2.33. The Hall–Kier alpha value is -1.71. The van der Waals surface area contributed by atoms with Gasteiger partial charge in [-0.2, -0.15) is 0 Å². The predicted molar refractivity (Wildman–Crippen MR) is 87.2 cm³/mol. The van der Waals surface area contributed by atoms with Gasteiger partial charge < -0.3 is 14.8 Å². The number of para-hydroxylation sites is 2. The van der Waals surface area contributed by atoms with Gasteiger partial charge in [-0.25, -0.2) is 0 Å². The minimum absolute atomic E-state index is 0.0981. The van der Waals surface area contributed by atoms with Gasteiger partial charge in [0.15, 0.2) is 11.5 Å². The first-order chi connectivity index (χ1) is 10.5. The lowest BCUT2D eigenvalue weighted by molar-refractivity contribution is -0.134. The number of nitrogens with one attached hydrogen (secondary N) is 1. The predicted octanol–water partition coefficient (Wildman–Crippen LogP) is 3.55. The lowest BCUT2D eigenvalue weighted by Gasteiger charge is -2.31. The molecule has 1 N–H and O–H groups in total. The molecule has 0 spiro atoms. The summed E-state index contributed by atoms with van der Waals surface area (Å²) in [4.78, 5) is 12.4. The molecule has 122 valence electrons. The summed E-state index contributed by atoms with van der Waals surface area (Å²) >= 11 is 0. The van der Waals surface area contributed by atoms with Crippen molar-refractivity contribution in [1.29, 1.82) is 0 Å². The molecule has 1 aromatic carbocycles. The van der Waals surface area contributed by atoms with E-state index in [0.29, 0.717) is 17.4 Å². The fourth-order valence-electron chi connectivity index (χ4n) is 2.64. The summed E-state index contributed by atoms with van der Waals surface area (Å²) < 4.78 is 11.6. The molecular weight excluding hydrogens is 278 g/mol. The third kappa shape index (κ3) is 4.39. The molecule has 3 atom stereocenters. The second-order valence-electron chi connectivity index (χ2n) is 6.54. The Bertz CT molecular complexity index is 501. The van der Waals surface area contributed by atoms with Crippen LogP contribution in [0.1, 0.15) is 47.0 Å². The molecule has 0 unspecified atom stereocenters. The maximum atomic E-state index is 12.4. The maximum absolute atomic E-state index is 12.4. The van der Waals surface area contributed by atoms with Crippen LogP contribution in [-0.2, 0) is 4.79 Å². The Morgan fingerprint density at radius 1 is 1.14 bits per heavy atom. The second-order valence-corrected chi connectivity index (χ2v) is 6.54. The molecule has 1 aromatic rings. The summed E-state index contributed by atoms with van der Waals surface area (Å²) in [5.41, 5.74) is 0. The van der Waals surface area contributed by atoms with Gasteiger partial charge in [-0.15, -0.1) is 0 Å². The summed E-state index contributed by atoms with van der Waals surface area (Å²) in [7, 11) is 0. The number of fused-ring (bicyclic) bond motifs is 1. The van der Waals surface area contributed by atoms with Crippen molar-refractivity contribution < 1.29 is 14.3 Å². The Kier molecular flexibility index (Phi) is 5.69. The molecule has 1 heterocycles. The molecule has 4 heteroatoms. The number of rotatable bonds is 6. The van der Waals surface area contributed by atoms with E-state index in [1.165, 1.54) is 6.42 Å². The quantitative estimate of drug-likeness (QED) is 0.874. The average Bonchev–Trinajstić information content (AvgIpc) is 2.45. The summed E-state index contributed by atoms with van der Waals surface area (Å²) in [5.74, 6) is 1.94. The number of hydrogen-bond acceptors (Lipinski definition) is 3. The van der Waals surface area contributed by atoms with Crippen molar-refractivity contribution in [2.45, 2.75) is 65.2 Å². The van der Waals surface area contributed by atoms with Gasteiger partial charge in [-0.05, 0) is 38.3 Å². The minimum Gasteiger partial charge on any atom is -0.482 e. The Labute approximate surface area is 133 Å². The number of carbonyl (C=O) groups excluding carboxylic acids is 1. The van der Waals surface area contributed by atoms with Crippen LogP contribution >= 0.6 is 0 Å². The van der Waals surface area contributed by atoms with Crippen LogP contribution in [-0.4, -0.2) is 24.2 Å². The van der Waals surface area contributed by atoms with Gasteiger partial charge in [0.1, 0.15) is 6.10 Å². The number of ether oxygens (including phenoxy) is 2. The first-order valence-corrected chi connectivity index (χ1v) is 8.20. The van der Waals surface area contributed by atoms with Gasteiger partial charge in [0.05, 0.1) is 0 Å². The maximum Gasteiger partial charge on any atom is 0.265 e. The number of benzene rings is 1. The molecule has 0 bridgehead atoms. The van der Waals surface area contributed by atoms with Crippen molar-refractivity contribution in [3.8, 4) is 11.5 Å². The van der Waals surface area contributed by atoms with E-state index in [-0.39, 0.29) is 18.1 Å². The molecular formula is C18H27NO3. The van der Waals surface area contributed by atoms with E-state index < -0.39 is 6.10 Å². The molecule has 0 saturated heterocycles. The van der Waals surface area contributed by atoms with Crippen molar-refractivity contribution in [3.63, 3.8) is 0 Å². The molecule has 0 radical (unpaired) electrons. The van der Waals surface area contributed by atoms with Crippen LogP contribution in [0, 0.1) is 5.92 Å². The van der Waals surface area contributed by atoms with E-state index in [1.807, 2.05) is 38.1 Å². The molecule has 0 saturated carbocycles. The molecule has 2 rings (SSSR count). The van der Waals surface area contributed by atoms with Gasteiger partial charge >= 0.3 is 0 Å². The zero-order valence-corrected chi connectivity index (χ0v) is 14.0. The van der Waals surface area contributed by atoms with Crippen molar-refractivity contribution >= 4 is 5.91 Å². The Balaban J connectivity index is 1.87. The minimum atomic E-state index is -0.595. The highest BCUT2D eigenvalue weighted by atomic mass is 16.6. The normalized spacial score (nSPS) is 21.5. The first-order valence-electron chi connectivity index (χ1n) is 8.20. The van der Waals surface area contributed by atoms with Crippen LogP contribution in [0.4, 0.5) is 0 Å². The molecule has 1 aliphatic rings. The van der Waals surface area contributed by atoms with Crippen LogP contribution in [0.5, 0.6) is 11.5 Å². The molecule has 1 aliphatic heterocycles. The molecule has 0 fully saturated rings. The molecule has 0 aromatic heterocycles. The van der Waals surface area contributed by atoms with E-state index >= 15 is 0 Å². The van der Waals surface area contributed by atoms with Crippen LogP contribution in [0.15, 0.2) is 24.3 Å². The largest absolute Gasteiger partial charge is 0.482 e. The Morgan fingerprint density at radius 3 is 2.41 bits per heavy atom. The highest BCUT2D eigenvalue weighted by Gasteiger charge is 2.34. The summed E-state index contributed by atoms with van der Waals surface area (Å²) in [5, 5.41) is 3.04. The zero-order valence-electron chi connectivity index (χ0n) is 14.0. The second kappa shape index (κ2) is 7.52. The van der Waals surface area contributed by atoms with Gasteiger partial charge in [0.25, 0.3) is 5.91 Å². The average molecular weight is 305 g/mol. The third-order valence-corrected chi connectivity index (χ3v) is 3.91. The summed E-state index contributed by atoms with van der Waals surface area (Å²) in [6.07, 6.45) is 2.41. The monoisotopic (exact) mass is 305 g/mol. The first kappa shape index (κ1) is 16.7. The van der Waals surface area contributed by atoms with E-state index in [4.69, 9.17) is 9.47 Å². The lowest BCUT2D eigenvalue weighted by atomic mass is 10.0. The van der Waals surface area contributed by atoms with Gasteiger partial charge in [0.2, 0.25) is 6.10 Å². The van der Waals surface area contributed by atoms with Gasteiger partial charge in [0, 0.05) is 6.04 Å². The fourth-order valence-corrected chi connectivity index (χ4v) is 2.64. The Morgan fingerprint density at radius 2 is 1.77 bits per heavy atom. The van der Waals surface area contributed by atoms with Crippen LogP contribution < -0.4 is 14.8 Å². The topological polar surface area (TPSA) is 47.6 Å². The van der Waals surface area contributed by atoms with Crippen molar-refractivity contribution in [3.05, 3.63) is 24.3 Å². The standard InChI is InChI=1S/C18H27NO3/c1-12(2)8-7-9-13(3)19-18(20)17-14(4)21-15-10-5-6-11-16(15)22-17/h5-6,10-14,17H,7-9H2,1-4H3,(H,19,20)/t13-,14+,17+/m0/s1. The van der Waals surface area contributed by atoms with Gasteiger partial charge in [-0.3, -0.25) is 4.79 Å². The fraction of sp³-hybridized carbons (Fsp3) is 0.611. The summed E-state index contributed by atoms with van der Waals surface area (Å²) in [6.45, 7) is 8.34. The van der Waals surface area contributed by atoms with Crippen LogP contribution in [0.3, 0.4) is 0 Å². The smallest absolute Gasteiger partial charge is 0.265 e. The van der Waals surface area contributed by atoms with Crippen LogP contribution in [0.2, 0.25) is 0 Å². The van der Waals surface area contributed by atoms with Crippen LogP contribution in [0.25, 0.3) is 0 Å². The zero-order chi connectivity index (χ0) is 16.1. The van der Waals surface area contributed by atoms with E-state index in [0.717, 1.165) is 12.8 Å². The molecule has 1 amide bonds. The number of hydrogen-bond donors (Lipinski definition) is 1. The van der Waals surface area contributed by atoms with E-state index in [2.05, 4.69) is 19.2 Å². The number of amides is 1. The van der Waals surface area contributed by atoms with E-state index in [9.17, 15) is 4.79 Å². The molecule has 22 heavy (non-hydrogen) atoms. The molecule has 0 aliphatic carbocycles. The molecule has 4 nitrogen and oxygen atoms in total. The van der Waals surface area contributed by atoms with Crippen molar-refractivity contribution in [2.24, 2.45) is 5.92 Å². The van der Waals surface area contributed by atoms with Crippen molar-refractivity contribution in [1.82, 2.24) is 5.32 Å². The third-order valence-electron chi connectivity index (χ3n) is 3.91. The SMILES string of the molecule is CC(C)CCC[C@H](C)NC(=O)[C@@H]1Oc2ccccc2O[C@@H]1C. The highest BCUT2D eigenvalue weighted by molar-refractivity contribution is 5.82. The van der Waals surface area contributed by atoms with Gasteiger partial charge in [-0.1, -0.05) is 38.8 Å². The lowest BCUT2D eigenvalue weighted by Crippen LogP contribution is -2.51. The number of carbonyl (C=O) groups is 1. The van der Waals surface area contributed by atoms with E-state index in [1.54, 1.807) is 0 Å².